The summed E-state index contributed by atoms with van der Waals surface area (Å²) in [6.07, 6.45) is 2.30. The van der Waals surface area contributed by atoms with E-state index in [9.17, 15) is 4.79 Å². The minimum absolute atomic E-state index is 0.0966. The number of aryl methyl sites for hydroxylation is 1. The second-order valence-electron chi connectivity index (χ2n) is 12.3. The van der Waals surface area contributed by atoms with Gasteiger partial charge in [-0.3, -0.25) is 9.65 Å². The van der Waals surface area contributed by atoms with E-state index < -0.39 is 23.1 Å². The molecular formula is C35H42N5O5P. The second kappa shape index (κ2) is 13.1. The molecule has 0 spiro atoms. The van der Waals surface area contributed by atoms with E-state index >= 15 is 0 Å². The standard InChI is InChI=1S/C35H42N5O5P/c1-22(2)39-46-45-31-28-20-30(40-21-23(3)32(36)38-33(40)41)44-34(28,31)17-18-43-29-19-26(42-4)15-16-27(29)35(37,24-11-7-5-8-12-24)25-13-9-6-10-14-25/h5-16,19,21-22,28,30-31,39,46H,17-18,20,37H2,1-4H3,(H2,36,38,41)/t28?,30-,31?,34+/m1/s1. The maximum absolute atomic E-state index is 12.8. The quantitative estimate of drug-likeness (QED) is 0.135. The first-order chi connectivity index (χ1) is 22.2. The van der Waals surface area contributed by atoms with Crippen LogP contribution in [0.15, 0.2) is 89.9 Å². The number of nitrogens with two attached hydrogens (primary N) is 2. The number of fused-ring (bicyclic) bond motifs is 1. The normalized spacial score (nSPS) is 22.3. The largest absolute Gasteiger partial charge is 0.497 e. The number of nitrogen functional groups attached to an aromatic ring is 1. The van der Waals surface area contributed by atoms with Crippen LogP contribution in [0.3, 0.4) is 0 Å². The molecule has 1 saturated carbocycles. The number of aromatic nitrogens is 2. The highest BCUT2D eigenvalue weighted by Gasteiger charge is 2.72. The smallest absolute Gasteiger partial charge is 0.351 e. The molecule has 0 amide bonds. The van der Waals surface area contributed by atoms with Crippen LogP contribution in [0.2, 0.25) is 0 Å². The van der Waals surface area contributed by atoms with Crippen molar-refractivity contribution in [2.24, 2.45) is 11.7 Å². The molecule has 2 heterocycles. The van der Waals surface area contributed by atoms with Crippen molar-refractivity contribution in [1.82, 2.24) is 14.6 Å². The Bertz CT molecular complexity index is 1680. The van der Waals surface area contributed by atoms with Crippen LogP contribution in [0.25, 0.3) is 0 Å². The van der Waals surface area contributed by atoms with Crippen molar-refractivity contribution in [3.05, 3.63) is 118 Å². The first-order valence-electron chi connectivity index (χ1n) is 15.6. The number of hydrogen-bond acceptors (Lipinski definition) is 9. The minimum Gasteiger partial charge on any atom is -0.497 e. The van der Waals surface area contributed by atoms with Crippen LogP contribution in [-0.2, 0) is 14.8 Å². The van der Waals surface area contributed by atoms with E-state index in [1.807, 2.05) is 85.8 Å². The van der Waals surface area contributed by atoms with E-state index in [1.54, 1.807) is 13.3 Å². The van der Waals surface area contributed by atoms with E-state index in [0.29, 0.717) is 37.0 Å². The van der Waals surface area contributed by atoms with Gasteiger partial charge in [0.25, 0.3) is 0 Å². The first kappa shape index (κ1) is 32.2. The zero-order chi connectivity index (χ0) is 32.5. The first-order valence-corrected chi connectivity index (χ1v) is 16.5. The fourth-order valence-electron chi connectivity index (χ4n) is 6.47. The van der Waals surface area contributed by atoms with Gasteiger partial charge >= 0.3 is 5.69 Å². The number of rotatable bonds is 13. The summed E-state index contributed by atoms with van der Waals surface area (Å²) in [4.78, 5) is 16.7. The van der Waals surface area contributed by atoms with Gasteiger partial charge < -0.3 is 30.2 Å². The van der Waals surface area contributed by atoms with Crippen LogP contribution >= 0.6 is 8.96 Å². The molecule has 46 heavy (non-hydrogen) atoms. The Morgan fingerprint density at radius 1 is 1.11 bits per heavy atom. The molecule has 5 N–H and O–H groups in total. The van der Waals surface area contributed by atoms with Gasteiger partial charge in [0.05, 0.1) is 34.3 Å². The van der Waals surface area contributed by atoms with Crippen molar-refractivity contribution in [3.8, 4) is 11.5 Å². The van der Waals surface area contributed by atoms with Crippen molar-refractivity contribution < 1.29 is 18.7 Å². The van der Waals surface area contributed by atoms with E-state index in [1.165, 1.54) is 4.57 Å². The predicted octanol–water partition coefficient (Wildman–Crippen LogP) is 5.04. The third-order valence-corrected chi connectivity index (χ3v) is 10.1. The van der Waals surface area contributed by atoms with E-state index in [0.717, 1.165) is 22.3 Å². The fourth-order valence-corrected chi connectivity index (χ4v) is 7.26. The van der Waals surface area contributed by atoms with E-state index in [-0.39, 0.29) is 26.8 Å². The Labute approximate surface area is 271 Å². The summed E-state index contributed by atoms with van der Waals surface area (Å²) in [6.45, 7) is 6.32. The molecule has 4 aromatic rings. The van der Waals surface area contributed by atoms with Crippen LogP contribution in [0.5, 0.6) is 11.5 Å². The lowest BCUT2D eigenvalue weighted by atomic mass is 9.77. The summed E-state index contributed by atoms with van der Waals surface area (Å²) in [5.74, 6) is 1.60. The molecule has 1 aliphatic carbocycles. The Hall–Kier alpha value is -3.79. The molecule has 11 heteroatoms. The highest BCUT2D eigenvalue weighted by molar-refractivity contribution is 7.29. The summed E-state index contributed by atoms with van der Waals surface area (Å²) >= 11 is 0. The highest BCUT2D eigenvalue weighted by atomic mass is 31.1. The summed E-state index contributed by atoms with van der Waals surface area (Å²) in [5, 5.41) is 3.35. The van der Waals surface area contributed by atoms with Crippen molar-refractivity contribution in [1.29, 1.82) is 0 Å². The molecule has 10 nitrogen and oxygen atoms in total. The van der Waals surface area contributed by atoms with Crippen molar-refractivity contribution in [2.75, 3.05) is 19.5 Å². The lowest BCUT2D eigenvalue weighted by Gasteiger charge is -2.33. The molecule has 0 bridgehead atoms. The third-order valence-electron chi connectivity index (χ3n) is 9.02. The Morgan fingerprint density at radius 3 is 2.41 bits per heavy atom. The molecule has 2 fully saturated rings. The Balaban J connectivity index is 1.28. The zero-order valence-electron chi connectivity index (χ0n) is 26.6. The highest BCUT2D eigenvalue weighted by Crippen LogP contribution is 2.63. The van der Waals surface area contributed by atoms with Crippen LogP contribution in [-0.4, -0.2) is 41.0 Å². The number of anilines is 1. The van der Waals surface area contributed by atoms with Gasteiger partial charge in [-0.25, -0.2) is 4.79 Å². The summed E-state index contributed by atoms with van der Waals surface area (Å²) in [7, 11) is 1.76. The predicted molar refractivity (Wildman–Crippen MR) is 180 cm³/mol. The van der Waals surface area contributed by atoms with Gasteiger partial charge in [0.1, 0.15) is 29.1 Å². The Kier molecular flexibility index (Phi) is 9.19. The number of nitrogens with zero attached hydrogens (tertiary/aromatic N) is 2. The van der Waals surface area contributed by atoms with Gasteiger partial charge in [-0.1, -0.05) is 60.7 Å². The van der Waals surface area contributed by atoms with Gasteiger partial charge in [0, 0.05) is 48.2 Å². The van der Waals surface area contributed by atoms with Gasteiger partial charge in [-0.2, -0.15) is 4.98 Å². The van der Waals surface area contributed by atoms with Crippen LogP contribution in [0.4, 0.5) is 5.82 Å². The average molecular weight is 644 g/mol. The van der Waals surface area contributed by atoms with Crippen LogP contribution in [0, 0.1) is 12.8 Å². The SMILES string of the molecule is COc1ccc(C(N)(c2ccccc2)c2ccccc2)c(OCC[C@]23O[C@@H](n4cc(C)c(N)nc4=O)CC2C3OPNC(C)C)c1. The van der Waals surface area contributed by atoms with Crippen LogP contribution < -0.4 is 31.7 Å². The second-order valence-corrected chi connectivity index (χ2v) is 13.0. The molecule has 1 aliphatic heterocycles. The van der Waals surface area contributed by atoms with Crippen molar-refractivity contribution in [2.45, 2.75) is 63.1 Å². The number of benzene rings is 3. The molecule has 5 atom stereocenters. The van der Waals surface area contributed by atoms with E-state index in [4.69, 9.17) is 30.2 Å². The molecule has 0 radical (unpaired) electrons. The van der Waals surface area contributed by atoms with Crippen molar-refractivity contribution >= 4 is 14.8 Å². The van der Waals surface area contributed by atoms with Crippen molar-refractivity contribution in [3.63, 3.8) is 0 Å². The van der Waals surface area contributed by atoms with Gasteiger partial charge in [0.2, 0.25) is 0 Å². The van der Waals surface area contributed by atoms with Gasteiger partial charge in [-0.05, 0) is 44.0 Å². The monoisotopic (exact) mass is 643 g/mol. The van der Waals surface area contributed by atoms with Gasteiger partial charge in [0.15, 0.2) is 0 Å². The number of hydrogen-bond donors (Lipinski definition) is 3. The molecule has 1 saturated heterocycles. The number of methoxy groups -OCH3 is 1. The Morgan fingerprint density at radius 2 is 1.78 bits per heavy atom. The molecular weight excluding hydrogens is 601 g/mol. The fraction of sp³-hybridized carbons (Fsp3) is 0.371. The molecule has 1 aromatic heterocycles. The lowest BCUT2D eigenvalue weighted by Crippen LogP contribution is -2.39. The number of nitrogens with one attached hydrogen (secondary N) is 1. The van der Waals surface area contributed by atoms with Gasteiger partial charge in [-0.15, -0.1) is 0 Å². The van der Waals surface area contributed by atoms with Crippen LogP contribution in [0.1, 0.15) is 55.2 Å². The molecule has 3 unspecified atom stereocenters. The molecule has 6 rings (SSSR count). The summed E-state index contributed by atoms with van der Waals surface area (Å²) < 4.78 is 26.7. The maximum atomic E-state index is 12.8. The molecule has 3 aromatic carbocycles. The summed E-state index contributed by atoms with van der Waals surface area (Å²) in [5.41, 5.74) is 14.6. The molecule has 2 aliphatic rings. The minimum atomic E-state index is -0.990. The average Bonchev–Trinajstić information content (AvgIpc) is 3.44. The maximum Gasteiger partial charge on any atom is 0.351 e. The van der Waals surface area contributed by atoms with E-state index in [2.05, 4.69) is 23.9 Å². The summed E-state index contributed by atoms with van der Waals surface area (Å²) in [6, 6.07) is 26.1. The number of ether oxygens (including phenoxy) is 3. The topological polar surface area (TPSA) is 136 Å². The molecule has 242 valence electrons. The lowest BCUT2D eigenvalue weighted by molar-refractivity contribution is -0.0695. The zero-order valence-corrected chi connectivity index (χ0v) is 27.6. The third kappa shape index (κ3) is 6.04.